The molecule has 5 nitrogen and oxygen atoms in total. The summed E-state index contributed by atoms with van der Waals surface area (Å²) in [7, 11) is 1.64. The maximum atomic E-state index is 6.06. The molecule has 5 heteroatoms. The number of fused-ring (bicyclic) bond motifs is 3. The zero-order chi connectivity index (χ0) is 14.5. The highest BCUT2D eigenvalue weighted by Gasteiger charge is 2.26. The number of para-hydroxylation sites is 1. The fourth-order valence-electron chi connectivity index (χ4n) is 2.43. The normalized spacial score (nSPS) is 12.2. The van der Waals surface area contributed by atoms with Crippen molar-refractivity contribution < 1.29 is 4.84 Å². The molecule has 0 amide bonds. The Bertz CT molecular complexity index is 799. The van der Waals surface area contributed by atoms with Gasteiger partial charge in [-0.05, 0) is 6.07 Å². The zero-order valence-electron chi connectivity index (χ0n) is 12.1. The molecule has 0 fully saturated rings. The van der Waals surface area contributed by atoms with Gasteiger partial charge in [-0.15, -0.1) is 0 Å². The Balaban J connectivity index is 2.55. The number of nitrogen functional groups attached to an aromatic ring is 1. The van der Waals surface area contributed by atoms with Gasteiger partial charge in [0.2, 0.25) is 0 Å². The summed E-state index contributed by atoms with van der Waals surface area (Å²) in [5.74, 6) is 1.26. The van der Waals surface area contributed by atoms with Crippen molar-refractivity contribution in [1.82, 2.24) is 14.7 Å². The van der Waals surface area contributed by atoms with E-state index in [1.807, 2.05) is 24.3 Å². The Morgan fingerprint density at radius 3 is 2.50 bits per heavy atom. The maximum Gasteiger partial charge on any atom is 0.152 e. The first-order valence-corrected chi connectivity index (χ1v) is 6.55. The summed E-state index contributed by atoms with van der Waals surface area (Å²) in [6, 6.07) is 7.87. The van der Waals surface area contributed by atoms with Crippen LogP contribution in [-0.2, 0) is 5.41 Å². The quantitative estimate of drug-likeness (QED) is 0.738. The molecule has 0 saturated carbocycles. The van der Waals surface area contributed by atoms with E-state index >= 15 is 0 Å². The Labute approximate surface area is 117 Å². The SMILES string of the molecule is COn1c(C(C)(C)C)nc2c(N)nc3ccccc3c21. The monoisotopic (exact) mass is 270 g/mol. The highest BCUT2D eigenvalue weighted by Crippen LogP contribution is 2.31. The summed E-state index contributed by atoms with van der Waals surface area (Å²) >= 11 is 0. The van der Waals surface area contributed by atoms with Crippen molar-refractivity contribution in [2.45, 2.75) is 26.2 Å². The number of aromatic nitrogens is 3. The van der Waals surface area contributed by atoms with E-state index in [1.165, 1.54) is 0 Å². The molecule has 20 heavy (non-hydrogen) atoms. The van der Waals surface area contributed by atoms with Gasteiger partial charge in [0.05, 0.1) is 5.52 Å². The number of imidazole rings is 1. The van der Waals surface area contributed by atoms with E-state index in [0.717, 1.165) is 22.2 Å². The molecule has 0 bridgehead atoms. The van der Waals surface area contributed by atoms with Crippen LogP contribution in [-0.4, -0.2) is 21.8 Å². The van der Waals surface area contributed by atoms with Gasteiger partial charge in [0, 0.05) is 10.8 Å². The van der Waals surface area contributed by atoms with E-state index < -0.39 is 0 Å². The standard InChI is InChI=1S/C15H18N4O/c1-15(2,3)14-18-11-12(19(14)20-4)9-7-5-6-8-10(9)17-13(11)16/h5-8H,1-4H3,(H2,16,17). The van der Waals surface area contributed by atoms with E-state index in [-0.39, 0.29) is 5.41 Å². The van der Waals surface area contributed by atoms with E-state index in [0.29, 0.717) is 11.3 Å². The molecule has 104 valence electrons. The fourth-order valence-corrected chi connectivity index (χ4v) is 2.43. The van der Waals surface area contributed by atoms with Crippen molar-refractivity contribution >= 4 is 27.8 Å². The molecular weight excluding hydrogens is 252 g/mol. The minimum absolute atomic E-state index is 0.150. The Hall–Kier alpha value is -2.30. The fraction of sp³-hybridized carbons (Fsp3) is 0.333. The second kappa shape index (κ2) is 4.10. The molecule has 1 aromatic carbocycles. The molecule has 0 radical (unpaired) electrons. The lowest BCUT2D eigenvalue weighted by Crippen LogP contribution is -2.22. The summed E-state index contributed by atoms with van der Waals surface area (Å²) in [6.07, 6.45) is 0. The first kappa shape index (κ1) is 12.7. The third-order valence-corrected chi connectivity index (χ3v) is 3.33. The van der Waals surface area contributed by atoms with Crippen molar-refractivity contribution in [3.63, 3.8) is 0 Å². The molecule has 0 spiro atoms. The van der Waals surface area contributed by atoms with E-state index in [2.05, 4.69) is 30.7 Å². The number of rotatable bonds is 1. The average Bonchev–Trinajstić information content (AvgIpc) is 2.79. The second-order valence-corrected chi connectivity index (χ2v) is 5.87. The van der Waals surface area contributed by atoms with Crippen LogP contribution in [0.3, 0.4) is 0 Å². The van der Waals surface area contributed by atoms with Gasteiger partial charge in [-0.3, -0.25) is 0 Å². The molecule has 2 heterocycles. The van der Waals surface area contributed by atoms with Crippen molar-refractivity contribution in [2.75, 3.05) is 12.8 Å². The lowest BCUT2D eigenvalue weighted by atomic mass is 9.96. The van der Waals surface area contributed by atoms with Crippen LogP contribution >= 0.6 is 0 Å². The van der Waals surface area contributed by atoms with Gasteiger partial charge in [-0.25, -0.2) is 9.97 Å². The minimum atomic E-state index is -0.150. The van der Waals surface area contributed by atoms with Gasteiger partial charge < -0.3 is 10.6 Å². The number of nitrogens with zero attached hydrogens (tertiary/aromatic N) is 3. The molecule has 3 rings (SSSR count). The zero-order valence-corrected chi connectivity index (χ0v) is 12.1. The third-order valence-electron chi connectivity index (χ3n) is 3.33. The first-order valence-electron chi connectivity index (χ1n) is 6.55. The summed E-state index contributed by atoms with van der Waals surface area (Å²) in [5, 5.41) is 0.988. The van der Waals surface area contributed by atoms with Gasteiger partial charge in [-0.1, -0.05) is 39.0 Å². The average molecular weight is 270 g/mol. The van der Waals surface area contributed by atoms with Crippen LogP contribution in [0.2, 0.25) is 0 Å². The van der Waals surface area contributed by atoms with Crippen molar-refractivity contribution in [3.05, 3.63) is 30.1 Å². The van der Waals surface area contributed by atoms with E-state index in [1.54, 1.807) is 11.8 Å². The van der Waals surface area contributed by atoms with Crippen LogP contribution in [0.15, 0.2) is 24.3 Å². The summed E-state index contributed by atoms with van der Waals surface area (Å²) < 4.78 is 1.76. The van der Waals surface area contributed by atoms with Crippen molar-refractivity contribution in [3.8, 4) is 0 Å². The first-order chi connectivity index (χ1) is 9.43. The van der Waals surface area contributed by atoms with Crippen LogP contribution < -0.4 is 10.6 Å². The molecule has 0 atom stereocenters. The number of pyridine rings is 1. The van der Waals surface area contributed by atoms with Gasteiger partial charge in [-0.2, -0.15) is 4.73 Å². The minimum Gasteiger partial charge on any atom is -0.415 e. The molecule has 2 aromatic heterocycles. The van der Waals surface area contributed by atoms with Gasteiger partial charge in [0.15, 0.2) is 11.6 Å². The molecule has 3 aromatic rings. The van der Waals surface area contributed by atoms with Crippen LogP contribution in [0, 0.1) is 0 Å². The van der Waals surface area contributed by atoms with Crippen LogP contribution in [0.4, 0.5) is 5.82 Å². The molecule has 0 aliphatic carbocycles. The van der Waals surface area contributed by atoms with Gasteiger partial charge >= 0.3 is 0 Å². The molecule has 0 saturated heterocycles. The van der Waals surface area contributed by atoms with Gasteiger partial charge in [0.1, 0.15) is 18.1 Å². The van der Waals surface area contributed by atoms with E-state index in [9.17, 15) is 0 Å². The summed E-state index contributed by atoms with van der Waals surface area (Å²) in [5.41, 5.74) is 8.32. The number of hydrogen-bond acceptors (Lipinski definition) is 4. The van der Waals surface area contributed by atoms with Crippen LogP contribution in [0.5, 0.6) is 0 Å². The highest BCUT2D eigenvalue weighted by molar-refractivity contribution is 6.06. The number of hydrogen-bond donors (Lipinski definition) is 1. The smallest absolute Gasteiger partial charge is 0.152 e. The summed E-state index contributed by atoms with van der Waals surface area (Å²) in [6.45, 7) is 6.28. The molecule has 0 aliphatic rings. The third kappa shape index (κ3) is 1.70. The number of anilines is 1. The lowest BCUT2D eigenvalue weighted by Gasteiger charge is -2.18. The van der Waals surface area contributed by atoms with Crippen LogP contribution in [0.1, 0.15) is 26.6 Å². The predicted octanol–water partition coefficient (Wildman–Crippen LogP) is 2.52. The molecule has 0 aliphatic heterocycles. The molecular formula is C15H18N4O. The second-order valence-electron chi connectivity index (χ2n) is 5.87. The molecule has 0 unspecified atom stereocenters. The largest absolute Gasteiger partial charge is 0.415 e. The number of nitrogens with two attached hydrogens (primary N) is 1. The topological polar surface area (TPSA) is 66.0 Å². The van der Waals surface area contributed by atoms with Crippen molar-refractivity contribution in [1.29, 1.82) is 0 Å². The highest BCUT2D eigenvalue weighted by atomic mass is 16.6. The Morgan fingerprint density at radius 1 is 1.15 bits per heavy atom. The lowest BCUT2D eigenvalue weighted by molar-refractivity contribution is 0.159. The predicted molar refractivity (Wildman–Crippen MR) is 80.7 cm³/mol. The van der Waals surface area contributed by atoms with E-state index in [4.69, 9.17) is 10.6 Å². The summed E-state index contributed by atoms with van der Waals surface area (Å²) in [4.78, 5) is 14.6. The maximum absolute atomic E-state index is 6.06. The van der Waals surface area contributed by atoms with Crippen molar-refractivity contribution in [2.24, 2.45) is 0 Å². The van der Waals surface area contributed by atoms with Crippen LogP contribution in [0.25, 0.3) is 21.9 Å². The Morgan fingerprint density at radius 2 is 1.85 bits per heavy atom. The van der Waals surface area contributed by atoms with Gasteiger partial charge in [0.25, 0.3) is 0 Å². The Kier molecular flexibility index (Phi) is 2.61. The number of benzene rings is 1. The molecule has 2 N–H and O–H groups in total.